The fraction of sp³-hybridized carbons (Fsp3) is 0.341. The number of nitrogens with zero attached hydrogens (tertiary/aromatic N) is 1. The molecule has 1 heterocycles. The van der Waals surface area contributed by atoms with Crippen molar-refractivity contribution in [3.63, 3.8) is 0 Å². The molecule has 0 spiro atoms. The minimum Gasteiger partial charge on any atom is -0.512 e. The predicted octanol–water partition coefficient (Wildman–Crippen LogP) is 9.95. The Morgan fingerprint density at radius 1 is 0.778 bits per heavy atom. The van der Waals surface area contributed by atoms with Gasteiger partial charge in [0.05, 0.1) is 5.57 Å². The second-order valence-corrected chi connectivity index (χ2v) is 13.6. The van der Waals surface area contributed by atoms with Gasteiger partial charge in [-0.15, -0.1) is 0 Å². The molecular weight excluding hydrogens is 554 g/mol. The van der Waals surface area contributed by atoms with Crippen molar-refractivity contribution in [2.75, 3.05) is 4.90 Å². The van der Waals surface area contributed by atoms with Crippen molar-refractivity contribution >= 4 is 11.7 Å². The van der Waals surface area contributed by atoms with Crippen molar-refractivity contribution in [2.45, 2.75) is 84.4 Å². The molecule has 45 heavy (non-hydrogen) atoms. The largest absolute Gasteiger partial charge is 0.512 e. The highest BCUT2D eigenvalue weighted by Gasteiger charge is 2.46. The van der Waals surface area contributed by atoms with Gasteiger partial charge in [-0.3, -0.25) is 0 Å². The standard InChI is InChI=1S/C41H47NO3/c1-5-25-41(26-24-31-16-9-6-10-17-31)28-36(43)37(39(44)45-41)38(40(2,3)4)34-22-15-23-35(27-34)42(29-32-18-11-7-12-19-32)30-33-20-13-8-14-21-33/h6-23,27,38,43H,5,24-26,28-30H2,1-4H3/t38-,41-/m1/s1. The van der Waals surface area contributed by atoms with E-state index in [4.69, 9.17) is 4.74 Å². The number of benzene rings is 4. The Balaban J connectivity index is 1.49. The molecule has 0 aromatic heterocycles. The summed E-state index contributed by atoms with van der Waals surface area (Å²) in [6, 6.07) is 39.8. The third-order valence-corrected chi connectivity index (χ3v) is 8.90. The molecular formula is C41H47NO3. The number of esters is 1. The first kappa shape index (κ1) is 32.1. The lowest BCUT2D eigenvalue weighted by Crippen LogP contribution is -2.43. The molecule has 1 N–H and O–H groups in total. The molecule has 0 aliphatic carbocycles. The highest BCUT2D eigenvalue weighted by atomic mass is 16.6. The van der Waals surface area contributed by atoms with Crippen LogP contribution in [0.15, 0.2) is 127 Å². The zero-order valence-electron chi connectivity index (χ0n) is 27.2. The minimum atomic E-state index is -0.707. The first-order valence-electron chi connectivity index (χ1n) is 16.3. The van der Waals surface area contributed by atoms with Gasteiger partial charge in [-0.2, -0.15) is 0 Å². The summed E-state index contributed by atoms with van der Waals surface area (Å²) in [5.41, 5.74) is 5.07. The molecule has 0 bridgehead atoms. The summed E-state index contributed by atoms with van der Waals surface area (Å²) in [7, 11) is 0. The maximum absolute atomic E-state index is 14.0. The van der Waals surface area contributed by atoms with Crippen LogP contribution in [0.1, 0.15) is 81.5 Å². The molecule has 4 nitrogen and oxygen atoms in total. The molecule has 4 aromatic rings. The highest BCUT2D eigenvalue weighted by molar-refractivity contribution is 5.92. The van der Waals surface area contributed by atoms with Gasteiger partial charge in [0.15, 0.2) is 0 Å². The Hall–Kier alpha value is -4.31. The van der Waals surface area contributed by atoms with Crippen molar-refractivity contribution in [1.82, 2.24) is 0 Å². The van der Waals surface area contributed by atoms with Crippen molar-refractivity contribution < 1.29 is 14.6 Å². The monoisotopic (exact) mass is 601 g/mol. The molecule has 0 unspecified atom stereocenters. The Bertz CT molecular complexity index is 1530. The number of rotatable bonds is 12. The van der Waals surface area contributed by atoms with Crippen LogP contribution in [0.3, 0.4) is 0 Å². The predicted molar refractivity (Wildman–Crippen MR) is 184 cm³/mol. The molecule has 1 aliphatic rings. The van der Waals surface area contributed by atoms with Crippen LogP contribution in [0.2, 0.25) is 0 Å². The lowest BCUT2D eigenvalue weighted by Gasteiger charge is -2.41. The molecule has 0 fully saturated rings. The fourth-order valence-electron chi connectivity index (χ4n) is 6.81. The summed E-state index contributed by atoms with van der Waals surface area (Å²) in [5.74, 6) is -0.562. The Morgan fingerprint density at radius 2 is 1.33 bits per heavy atom. The quantitative estimate of drug-likeness (QED) is 0.164. The Morgan fingerprint density at radius 3 is 1.84 bits per heavy atom. The van der Waals surface area contributed by atoms with E-state index in [9.17, 15) is 9.90 Å². The second-order valence-electron chi connectivity index (χ2n) is 13.6. The summed E-state index contributed by atoms with van der Waals surface area (Å²) in [6.07, 6.45) is 3.40. The zero-order chi connectivity index (χ0) is 31.9. The number of ether oxygens (including phenoxy) is 1. The number of carbonyl (C=O) groups excluding carboxylic acids is 1. The van der Waals surface area contributed by atoms with E-state index >= 15 is 0 Å². The van der Waals surface area contributed by atoms with Gasteiger partial charge in [-0.05, 0) is 59.1 Å². The van der Waals surface area contributed by atoms with Gasteiger partial charge in [-0.1, -0.05) is 137 Å². The average Bonchev–Trinajstić information content (AvgIpc) is 3.03. The average molecular weight is 602 g/mol. The second kappa shape index (κ2) is 14.2. The number of anilines is 1. The fourth-order valence-corrected chi connectivity index (χ4v) is 6.81. The number of aryl methyl sites for hydroxylation is 1. The van der Waals surface area contributed by atoms with E-state index in [1.807, 2.05) is 30.3 Å². The number of aliphatic hydroxyl groups excluding tert-OH is 1. The van der Waals surface area contributed by atoms with Gasteiger partial charge in [0.1, 0.15) is 11.4 Å². The van der Waals surface area contributed by atoms with Crippen LogP contribution < -0.4 is 4.90 Å². The Labute approximate surface area is 269 Å². The van der Waals surface area contributed by atoms with Gasteiger partial charge < -0.3 is 14.7 Å². The normalized spacial score (nSPS) is 17.6. The molecule has 1 aliphatic heterocycles. The summed E-state index contributed by atoms with van der Waals surface area (Å²) in [4.78, 5) is 16.4. The Kier molecular flexibility index (Phi) is 10.1. The third kappa shape index (κ3) is 8.05. The van der Waals surface area contributed by atoms with Crippen molar-refractivity contribution in [3.05, 3.63) is 149 Å². The van der Waals surface area contributed by atoms with Gasteiger partial charge in [0, 0.05) is 31.1 Å². The lowest BCUT2D eigenvalue weighted by molar-refractivity contribution is -0.161. The molecule has 0 radical (unpaired) electrons. The van der Waals surface area contributed by atoms with E-state index in [1.165, 1.54) is 16.7 Å². The number of carbonyl (C=O) groups is 1. The highest BCUT2D eigenvalue weighted by Crippen LogP contribution is 2.47. The number of aliphatic hydroxyl groups is 1. The van der Waals surface area contributed by atoms with Gasteiger partial charge in [0.2, 0.25) is 0 Å². The molecule has 5 rings (SSSR count). The molecule has 2 atom stereocenters. The number of hydrogen-bond donors (Lipinski definition) is 1. The zero-order valence-corrected chi connectivity index (χ0v) is 27.2. The summed E-state index contributed by atoms with van der Waals surface area (Å²) in [6.45, 7) is 9.99. The SMILES string of the molecule is CCC[C@@]1(CCc2ccccc2)CC(O)=C([C@@H](c2cccc(N(Cc3ccccc3)Cc3ccccc3)c2)C(C)(C)C)C(=O)O1. The third-order valence-electron chi connectivity index (χ3n) is 8.90. The van der Waals surface area contributed by atoms with E-state index in [2.05, 4.69) is 118 Å². The first-order valence-corrected chi connectivity index (χ1v) is 16.3. The molecule has 0 saturated heterocycles. The molecule has 234 valence electrons. The van der Waals surface area contributed by atoms with E-state index in [0.717, 1.165) is 37.2 Å². The van der Waals surface area contributed by atoms with E-state index in [0.29, 0.717) is 24.8 Å². The topological polar surface area (TPSA) is 49.8 Å². The minimum absolute atomic E-state index is 0.170. The summed E-state index contributed by atoms with van der Waals surface area (Å²) >= 11 is 0. The smallest absolute Gasteiger partial charge is 0.338 e. The van der Waals surface area contributed by atoms with Crippen molar-refractivity contribution in [1.29, 1.82) is 0 Å². The molecule has 0 amide bonds. The molecule has 4 aromatic carbocycles. The van der Waals surface area contributed by atoms with Gasteiger partial charge in [0.25, 0.3) is 0 Å². The summed E-state index contributed by atoms with van der Waals surface area (Å²) in [5, 5.41) is 11.7. The first-order chi connectivity index (χ1) is 21.7. The van der Waals surface area contributed by atoms with E-state index in [-0.39, 0.29) is 17.1 Å². The van der Waals surface area contributed by atoms with Crippen LogP contribution in [0.5, 0.6) is 0 Å². The van der Waals surface area contributed by atoms with Crippen molar-refractivity contribution in [2.24, 2.45) is 5.41 Å². The van der Waals surface area contributed by atoms with Crippen LogP contribution in [0, 0.1) is 5.41 Å². The van der Waals surface area contributed by atoms with Crippen molar-refractivity contribution in [3.8, 4) is 0 Å². The molecule has 0 saturated carbocycles. The molecule has 4 heteroatoms. The van der Waals surface area contributed by atoms with Crippen LogP contribution in [0.25, 0.3) is 0 Å². The number of cyclic esters (lactones) is 1. The summed E-state index contributed by atoms with van der Waals surface area (Å²) < 4.78 is 6.39. The van der Waals surface area contributed by atoms with Gasteiger partial charge in [-0.25, -0.2) is 4.79 Å². The van der Waals surface area contributed by atoms with Crippen LogP contribution in [0.4, 0.5) is 5.69 Å². The van der Waals surface area contributed by atoms with E-state index in [1.54, 1.807) is 0 Å². The van der Waals surface area contributed by atoms with Gasteiger partial charge >= 0.3 is 5.97 Å². The maximum atomic E-state index is 14.0. The van der Waals surface area contributed by atoms with Crippen LogP contribution in [-0.4, -0.2) is 16.7 Å². The van der Waals surface area contributed by atoms with E-state index < -0.39 is 11.6 Å². The number of hydrogen-bond acceptors (Lipinski definition) is 4. The maximum Gasteiger partial charge on any atom is 0.338 e. The lowest BCUT2D eigenvalue weighted by atomic mass is 9.70. The van der Waals surface area contributed by atoms with Crippen LogP contribution in [-0.2, 0) is 29.0 Å². The van der Waals surface area contributed by atoms with Crippen LogP contribution >= 0.6 is 0 Å².